The van der Waals surface area contributed by atoms with Crippen molar-refractivity contribution in [2.24, 2.45) is 0 Å². The van der Waals surface area contributed by atoms with Crippen LogP contribution in [0.15, 0.2) is 24.3 Å². The average molecular weight is 314 g/mol. The summed E-state index contributed by atoms with van der Waals surface area (Å²) in [7, 11) is 0. The number of aliphatic hydroxyl groups is 1. The molecule has 0 spiro atoms. The molecule has 1 aliphatic carbocycles. The molecule has 1 saturated heterocycles. The zero-order chi connectivity index (χ0) is 16.1. The molecule has 1 aliphatic heterocycles. The first-order chi connectivity index (χ1) is 11.3. The molecule has 23 heavy (non-hydrogen) atoms. The number of rotatable bonds is 6. The third-order valence-electron chi connectivity index (χ3n) is 5.14. The van der Waals surface area contributed by atoms with Gasteiger partial charge in [0.1, 0.15) is 0 Å². The van der Waals surface area contributed by atoms with Crippen LogP contribution in [0.4, 0.5) is 0 Å². The van der Waals surface area contributed by atoms with Crippen molar-refractivity contribution in [2.75, 3.05) is 19.7 Å². The smallest absolute Gasteiger partial charge is 0.0991 e. The summed E-state index contributed by atoms with van der Waals surface area (Å²) in [5, 5.41) is 19.5. The molecule has 2 atom stereocenters. The Morgan fingerprint density at radius 1 is 1.17 bits per heavy atom. The van der Waals surface area contributed by atoms with Crippen molar-refractivity contribution >= 4 is 0 Å². The number of aliphatic hydroxyl groups excluding tert-OH is 1. The van der Waals surface area contributed by atoms with Gasteiger partial charge in [-0.05, 0) is 43.4 Å². The van der Waals surface area contributed by atoms with Gasteiger partial charge in [-0.25, -0.2) is 0 Å². The van der Waals surface area contributed by atoms with Crippen molar-refractivity contribution < 1.29 is 9.84 Å². The highest BCUT2D eigenvalue weighted by Gasteiger charge is 2.28. The molecule has 4 heteroatoms. The van der Waals surface area contributed by atoms with Gasteiger partial charge in [-0.2, -0.15) is 5.26 Å². The Morgan fingerprint density at radius 2 is 1.91 bits per heavy atom. The van der Waals surface area contributed by atoms with Crippen LogP contribution < -0.4 is 0 Å². The van der Waals surface area contributed by atoms with Gasteiger partial charge in [0, 0.05) is 25.7 Å². The number of ether oxygens (including phenoxy) is 1. The van der Waals surface area contributed by atoms with Crippen LogP contribution in [-0.2, 0) is 4.74 Å². The molecule has 0 bridgehead atoms. The standard InChI is InChI=1S/C19H26N2O2/c20-12-15-7-9-16(10-8-15)19(22)14-21(17-4-1-2-5-17)13-18-6-3-11-23-18/h7-10,17-19,22H,1-6,11,13-14H2. The van der Waals surface area contributed by atoms with E-state index in [4.69, 9.17) is 10.00 Å². The summed E-state index contributed by atoms with van der Waals surface area (Å²) in [5.41, 5.74) is 1.52. The largest absolute Gasteiger partial charge is 0.387 e. The fourth-order valence-electron chi connectivity index (χ4n) is 3.80. The molecular formula is C19H26N2O2. The molecular weight excluding hydrogens is 288 g/mol. The van der Waals surface area contributed by atoms with E-state index in [1.165, 1.54) is 25.7 Å². The molecule has 3 rings (SSSR count). The summed E-state index contributed by atoms with van der Waals surface area (Å²) in [6.45, 7) is 2.45. The molecule has 0 aromatic heterocycles. The first-order valence-electron chi connectivity index (χ1n) is 8.80. The summed E-state index contributed by atoms with van der Waals surface area (Å²) in [4.78, 5) is 2.44. The zero-order valence-electron chi connectivity index (χ0n) is 13.7. The van der Waals surface area contributed by atoms with Gasteiger partial charge in [-0.3, -0.25) is 4.90 Å². The number of nitrogens with zero attached hydrogens (tertiary/aromatic N) is 2. The lowest BCUT2D eigenvalue weighted by Gasteiger charge is -2.32. The molecule has 124 valence electrons. The molecule has 1 saturated carbocycles. The van der Waals surface area contributed by atoms with Crippen LogP contribution in [0.1, 0.15) is 55.8 Å². The van der Waals surface area contributed by atoms with Crippen LogP contribution in [0.5, 0.6) is 0 Å². The molecule has 2 aliphatic rings. The first-order valence-corrected chi connectivity index (χ1v) is 8.80. The van der Waals surface area contributed by atoms with Gasteiger partial charge in [0.25, 0.3) is 0 Å². The van der Waals surface area contributed by atoms with Crippen molar-refractivity contribution in [1.82, 2.24) is 4.90 Å². The van der Waals surface area contributed by atoms with Gasteiger partial charge in [0.15, 0.2) is 0 Å². The van der Waals surface area contributed by atoms with Crippen molar-refractivity contribution in [1.29, 1.82) is 5.26 Å². The second kappa shape index (κ2) is 7.92. The summed E-state index contributed by atoms with van der Waals surface area (Å²) in [6.07, 6.45) is 7.14. The minimum Gasteiger partial charge on any atom is -0.387 e. The number of benzene rings is 1. The van der Waals surface area contributed by atoms with Crippen LogP contribution in [0.25, 0.3) is 0 Å². The van der Waals surface area contributed by atoms with Crippen LogP contribution in [-0.4, -0.2) is 41.8 Å². The molecule has 2 unspecified atom stereocenters. The number of nitriles is 1. The lowest BCUT2D eigenvalue weighted by molar-refractivity contribution is 0.0307. The van der Waals surface area contributed by atoms with Crippen LogP contribution >= 0.6 is 0 Å². The summed E-state index contributed by atoms with van der Waals surface area (Å²) < 4.78 is 5.80. The molecule has 1 N–H and O–H groups in total. The van der Waals surface area contributed by atoms with Gasteiger partial charge in [-0.15, -0.1) is 0 Å². The van der Waals surface area contributed by atoms with Crippen molar-refractivity contribution in [3.8, 4) is 6.07 Å². The van der Waals surface area contributed by atoms with Gasteiger partial charge >= 0.3 is 0 Å². The highest BCUT2D eigenvalue weighted by atomic mass is 16.5. The fraction of sp³-hybridized carbons (Fsp3) is 0.632. The van der Waals surface area contributed by atoms with E-state index in [2.05, 4.69) is 11.0 Å². The maximum absolute atomic E-state index is 10.6. The monoisotopic (exact) mass is 314 g/mol. The first kappa shape index (κ1) is 16.4. The third kappa shape index (κ3) is 4.32. The van der Waals surface area contributed by atoms with Gasteiger partial charge < -0.3 is 9.84 Å². The maximum atomic E-state index is 10.6. The Kier molecular flexibility index (Phi) is 5.66. The van der Waals surface area contributed by atoms with E-state index in [1.807, 2.05) is 12.1 Å². The van der Waals surface area contributed by atoms with E-state index < -0.39 is 6.10 Å². The topological polar surface area (TPSA) is 56.5 Å². The molecule has 4 nitrogen and oxygen atoms in total. The Morgan fingerprint density at radius 3 is 2.52 bits per heavy atom. The molecule has 1 aromatic carbocycles. The Bertz CT molecular complexity index is 525. The fourth-order valence-corrected chi connectivity index (χ4v) is 3.80. The van der Waals surface area contributed by atoms with E-state index in [9.17, 15) is 5.11 Å². The van der Waals surface area contributed by atoms with Gasteiger partial charge in [0.05, 0.1) is 23.8 Å². The minimum atomic E-state index is -0.509. The van der Waals surface area contributed by atoms with E-state index in [-0.39, 0.29) is 0 Å². The number of hydrogen-bond acceptors (Lipinski definition) is 4. The maximum Gasteiger partial charge on any atom is 0.0991 e. The van der Waals surface area contributed by atoms with Crippen molar-refractivity contribution in [3.63, 3.8) is 0 Å². The average Bonchev–Trinajstić information content (AvgIpc) is 3.27. The highest BCUT2D eigenvalue weighted by molar-refractivity contribution is 5.32. The summed E-state index contributed by atoms with van der Waals surface area (Å²) in [6, 6.07) is 9.97. The van der Waals surface area contributed by atoms with E-state index >= 15 is 0 Å². The van der Waals surface area contributed by atoms with E-state index in [0.29, 0.717) is 24.3 Å². The normalized spacial score (nSPS) is 23.3. The summed E-state index contributed by atoms with van der Waals surface area (Å²) in [5.74, 6) is 0. The van der Waals surface area contributed by atoms with Gasteiger partial charge in [0.2, 0.25) is 0 Å². The Balaban J connectivity index is 1.64. The van der Waals surface area contributed by atoms with Crippen molar-refractivity contribution in [2.45, 2.75) is 56.8 Å². The Hall–Kier alpha value is -1.41. The Labute approximate surface area is 138 Å². The van der Waals surface area contributed by atoms with E-state index in [0.717, 1.165) is 31.6 Å². The lowest BCUT2D eigenvalue weighted by atomic mass is 10.0. The van der Waals surface area contributed by atoms with E-state index in [1.54, 1.807) is 12.1 Å². The zero-order valence-corrected chi connectivity index (χ0v) is 13.7. The molecule has 1 aromatic rings. The van der Waals surface area contributed by atoms with Crippen LogP contribution in [0, 0.1) is 11.3 Å². The van der Waals surface area contributed by atoms with Crippen LogP contribution in [0.3, 0.4) is 0 Å². The van der Waals surface area contributed by atoms with Crippen LogP contribution in [0.2, 0.25) is 0 Å². The quantitative estimate of drug-likeness (QED) is 0.877. The predicted molar refractivity (Wildman–Crippen MR) is 88.9 cm³/mol. The second-order valence-electron chi connectivity index (χ2n) is 6.78. The third-order valence-corrected chi connectivity index (χ3v) is 5.14. The molecule has 2 fully saturated rings. The minimum absolute atomic E-state index is 0.323. The SMILES string of the molecule is N#Cc1ccc(C(O)CN(CC2CCCO2)C2CCCC2)cc1. The predicted octanol–water partition coefficient (Wildman–Crippen LogP) is 3.02. The van der Waals surface area contributed by atoms with Gasteiger partial charge in [-0.1, -0.05) is 25.0 Å². The molecule has 0 amide bonds. The van der Waals surface area contributed by atoms with Crippen molar-refractivity contribution in [3.05, 3.63) is 35.4 Å². The summed E-state index contributed by atoms with van der Waals surface area (Å²) >= 11 is 0. The lowest BCUT2D eigenvalue weighted by Crippen LogP contribution is -2.41. The number of hydrogen-bond donors (Lipinski definition) is 1. The molecule has 1 heterocycles. The highest BCUT2D eigenvalue weighted by Crippen LogP contribution is 2.27. The molecule has 0 radical (unpaired) electrons. The second-order valence-corrected chi connectivity index (χ2v) is 6.78.